The van der Waals surface area contributed by atoms with Gasteiger partial charge in [-0.15, -0.1) is 0 Å². The zero-order valence-electron chi connectivity index (χ0n) is 12.2. The maximum atomic E-state index is 14.0. The first-order valence-corrected chi connectivity index (χ1v) is 6.89. The molecule has 0 radical (unpaired) electrons. The highest BCUT2D eigenvalue weighted by atomic mass is 35.5. The van der Waals surface area contributed by atoms with Crippen LogP contribution in [0.1, 0.15) is 36.8 Å². The fraction of sp³-hybridized carbons (Fsp3) is 0.250. The molecule has 2 rings (SSSR count). The molecular weight excluding hydrogens is 312 g/mol. The fourth-order valence-corrected chi connectivity index (χ4v) is 2.29. The lowest BCUT2D eigenvalue weighted by atomic mass is 9.88. The first-order chi connectivity index (χ1) is 10.1. The molecule has 2 aromatic rings. The van der Waals surface area contributed by atoms with E-state index in [9.17, 15) is 18.7 Å². The summed E-state index contributed by atoms with van der Waals surface area (Å²) >= 11 is 5.97. The monoisotopic (exact) mass is 325 g/mol. The van der Waals surface area contributed by atoms with Crippen LogP contribution < -0.4 is 0 Å². The van der Waals surface area contributed by atoms with Crippen LogP contribution in [0.15, 0.2) is 24.3 Å². The van der Waals surface area contributed by atoms with Gasteiger partial charge in [-0.3, -0.25) is 0 Å². The topological polar surface area (TPSA) is 50.2 Å². The summed E-state index contributed by atoms with van der Waals surface area (Å²) in [6, 6.07) is 4.29. The molecule has 1 aromatic heterocycles. The van der Waals surface area contributed by atoms with Crippen molar-refractivity contribution < 1.29 is 18.7 Å². The number of nitrogens with zero attached hydrogens (tertiary/aromatic N) is 1. The van der Waals surface area contributed by atoms with Gasteiger partial charge in [0.1, 0.15) is 22.4 Å². The molecule has 0 spiro atoms. The highest BCUT2D eigenvalue weighted by molar-refractivity contribution is 6.33. The summed E-state index contributed by atoms with van der Waals surface area (Å²) in [4.78, 5) is 15.5. The number of rotatable bonds is 2. The van der Waals surface area contributed by atoms with Gasteiger partial charge >= 0.3 is 5.97 Å². The van der Waals surface area contributed by atoms with E-state index in [0.717, 1.165) is 18.2 Å². The molecule has 0 bridgehead atoms. The number of hydrogen-bond acceptors (Lipinski definition) is 2. The number of aromatic carboxylic acids is 1. The molecule has 3 nitrogen and oxygen atoms in total. The van der Waals surface area contributed by atoms with Crippen LogP contribution in [0.2, 0.25) is 5.15 Å². The molecule has 0 aliphatic rings. The number of halogens is 3. The van der Waals surface area contributed by atoms with Crippen LogP contribution in [0.5, 0.6) is 0 Å². The molecule has 0 aliphatic carbocycles. The highest BCUT2D eigenvalue weighted by Crippen LogP contribution is 2.34. The van der Waals surface area contributed by atoms with Crippen LogP contribution >= 0.6 is 11.6 Å². The molecule has 1 N–H and O–H groups in total. The summed E-state index contributed by atoms with van der Waals surface area (Å²) in [6.45, 7) is 5.58. The van der Waals surface area contributed by atoms with E-state index in [1.807, 2.05) is 20.8 Å². The van der Waals surface area contributed by atoms with E-state index in [4.69, 9.17) is 11.6 Å². The largest absolute Gasteiger partial charge is 0.478 e. The van der Waals surface area contributed by atoms with Crippen LogP contribution in [0, 0.1) is 11.6 Å². The third-order valence-electron chi connectivity index (χ3n) is 3.18. The Hall–Kier alpha value is -2.01. The number of carboxylic acids is 1. The van der Waals surface area contributed by atoms with E-state index in [2.05, 4.69) is 4.98 Å². The van der Waals surface area contributed by atoms with E-state index in [1.54, 1.807) is 0 Å². The van der Waals surface area contributed by atoms with E-state index < -0.39 is 23.0 Å². The number of carbonyl (C=O) groups is 1. The Morgan fingerprint density at radius 2 is 1.82 bits per heavy atom. The van der Waals surface area contributed by atoms with Gasteiger partial charge in [0, 0.05) is 22.2 Å². The summed E-state index contributed by atoms with van der Waals surface area (Å²) in [6.07, 6.45) is 0. The van der Waals surface area contributed by atoms with Crippen molar-refractivity contribution >= 4 is 17.6 Å². The maximum absolute atomic E-state index is 14.0. The summed E-state index contributed by atoms with van der Waals surface area (Å²) < 4.78 is 27.5. The molecule has 1 aromatic carbocycles. The van der Waals surface area contributed by atoms with E-state index in [-0.39, 0.29) is 21.8 Å². The lowest BCUT2D eigenvalue weighted by molar-refractivity contribution is 0.0697. The standard InChI is InChI=1S/C16H14ClF2NO2/c1-16(2,3)12-7-10(13(15(21)22)14(17)20-12)9-6-8(18)4-5-11(9)19/h4-7H,1-3H3,(H,21,22). The molecule has 0 aliphatic heterocycles. The Labute approximate surface area is 131 Å². The summed E-state index contributed by atoms with van der Waals surface area (Å²) in [5.41, 5.74) is -0.443. The van der Waals surface area contributed by atoms with Crippen LogP contribution in [0.4, 0.5) is 8.78 Å². The van der Waals surface area contributed by atoms with Crippen LogP contribution in [-0.2, 0) is 5.41 Å². The van der Waals surface area contributed by atoms with Gasteiger partial charge in [-0.25, -0.2) is 18.6 Å². The van der Waals surface area contributed by atoms with E-state index in [0.29, 0.717) is 5.69 Å². The third kappa shape index (κ3) is 3.09. The Kier molecular flexibility index (Phi) is 4.20. The number of hydrogen-bond donors (Lipinski definition) is 1. The van der Waals surface area contributed by atoms with Crippen molar-refractivity contribution in [3.8, 4) is 11.1 Å². The summed E-state index contributed by atoms with van der Waals surface area (Å²) in [7, 11) is 0. The molecule has 22 heavy (non-hydrogen) atoms. The second-order valence-corrected chi connectivity index (χ2v) is 6.26. The van der Waals surface area contributed by atoms with Crippen molar-refractivity contribution in [1.29, 1.82) is 0 Å². The minimum absolute atomic E-state index is 0.00873. The number of benzene rings is 1. The molecule has 0 saturated heterocycles. The molecular formula is C16H14ClF2NO2. The van der Waals surface area contributed by atoms with Gasteiger partial charge in [-0.05, 0) is 24.3 Å². The van der Waals surface area contributed by atoms with Crippen LogP contribution in [-0.4, -0.2) is 16.1 Å². The fourth-order valence-electron chi connectivity index (χ4n) is 2.02. The molecule has 0 fully saturated rings. The first kappa shape index (κ1) is 16.4. The highest BCUT2D eigenvalue weighted by Gasteiger charge is 2.25. The second kappa shape index (κ2) is 5.65. The minimum Gasteiger partial charge on any atom is -0.478 e. The normalized spacial score (nSPS) is 11.5. The smallest absolute Gasteiger partial charge is 0.339 e. The minimum atomic E-state index is -1.35. The average Bonchev–Trinajstić information content (AvgIpc) is 2.39. The quantitative estimate of drug-likeness (QED) is 0.816. The van der Waals surface area contributed by atoms with E-state index in [1.165, 1.54) is 6.07 Å². The number of aromatic nitrogens is 1. The summed E-state index contributed by atoms with van der Waals surface area (Å²) in [5.74, 6) is -2.75. The van der Waals surface area contributed by atoms with Gasteiger partial charge in [0.2, 0.25) is 0 Å². The molecule has 0 saturated carbocycles. The zero-order valence-corrected chi connectivity index (χ0v) is 13.0. The lowest BCUT2D eigenvalue weighted by Crippen LogP contribution is -2.16. The average molecular weight is 326 g/mol. The Morgan fingerprint density at radius 1 is 1.18 bits per heavy atom. The number of pyridine rings is 1. The van der Waals surface area contributed by atoms with Crippen LogP contribution in [0.25, 0.3) is 11.1 Å². The van der Waals surface area contributed by atoms with Crippen LogP contribution in [0.3, 0.4) is 0 Å². The zero-order chi connectivity index (χ0) is 16.7. The van der Waals surface area contributed by atoms with Gasteiger partial charge in [0.05, 0.1) is 0 Å². The summed E-state index contributed by atoms with van der Waals surface area (Å²) in [5, 5.41) is 9.07. The Morgan fingerprint density at radius 3 is 2.36 bits per heavy atom. The van der Waals surface area contributed by atoms with Crippen molar-refractivity contribution in [3.05, 3.63) is 52.3 Å². The molecule has 116 valence electrons. The molecule has 0 amide bonds. The molecule has 1 heterocycles. The molecule has 6 heteroatoms. The Balaban J connectivity index is 2.85. The lowest BCUT2D eigenvalue weighted by Gasteiger charge is -2.20. The molecule has 0 atom stereocenters. The first-order valence-electron chi connectivity index (χ1n) is 6.51. The van der Waals surface area contributed by atoms with E-state index >= 15 is 0 Å². The van der Waals surface area contributed by atoms with Gasteiger partial charge in [0.25, 0.3) is 0 Å². The molecule has 0 unspecified atom stereocenters. The van der Waals surface area contributed by atoms with Crippen molar-refractivity contribution in [2.75, 3.05) is 0 Å². The van der Waals surface area contributed by atoms with Gasteiger partial charge in [-0.2, -0.15) is 0 Å². The van der Waals surface area contributed by atoms with Crippen molar-refractivity contribution in [2.24, 2.45) is 0 Å². The number of carboxylic acid groups (broad SMARTS) is 1. The Bertz CT molecular complexity index is 755. The van der Waals surface area contributed by atoms with Gasteiger partial charge in [0.15, 0.2) is 0 Å². The maximum Gasteiger partial charge on any atom is 0.339 e. The van der Waals surface area contributed by atoms with Gasteiger partial charge in [-0.1, -0.05) is 32.4 Å². The predicted octanol–water partition coefficient (Wildman–Crippen LogP) is 4.68. The third-order valence-corrected chi connectivity index (χ3v) is 3.45. The second-order valence-electron chi connectivity index (χ2n) is 5.90. The van der Waals surface area contributed by atoms with Crippen molar-refractivity contribution in [2.45, 2.75) is 26.2 Å². The van der Waals surface area contributed by atoms with Crippen molar-refractivity contribution in [3.63, 3.8) is 0 Å². The predicted molar refractivity (Wildman–Crippen MR) is 80.3 cm³/mol. The van der Waals surface area contributed by atoms with Gasteiger partial charge < -0.3 is 5.11 Å². The SMILES string of the molecule is CC(C)(C)c1cc(-c2cc(F)ccc2F)c(C(=O)O)c(Cl)n1. The van der Waals surface area contributed by atoms with Crippen molar-refractivity contribution in [1.82, 2.24) is 4.98 Å².